The van der Waals surface area contributed by atoms with E-state index < -0.39 is 48.7 Å². The molecule has 5 unspecified atom stereocenters. The fourth-order valence-corrected chi connectivity index (χ4v) is 4.84. The number of ether oxygens (including phenoxy) is 5. The van der Waals surface area contributed by atoms with E-state index in [2.05, 4.69) is 0 Å². The first-order valence-electron chi connectivity index (χ1n) is 12.9. The number of aromatic hydroxyl groups is 1. The average Bonchev–Trinajstić information content (AvgIpc) is 2.98. The number of aliphatic carboxylic acids is 1. The third-order valence-electron chi connectivity index (χ3n) is 7.03. The summed E-state index contributed by atoms with van der Waals surface area (Å²) in [6.45, 7) is 0.927. The topological polar surface area (TPSA) is 215 Å². The molecule has 232 valence electrons. The normalized spacial score (nSPS) is 22.1. The summed E-state index contributed by atoms with van der Waals surface area (Å²) < 4.78 is 33.4. The number of hydrogen-bond donors (Lipinski definition) is 6. The summed E-state index contributed by atoms with van der Waals surface area (Å²) in [5, 5.41) is 59.6. The van der Waals surface area contributed by atoms with Crippen LogP contribution >= 0.6 is 0 Å². The van der Waals surface area contributed by atoms with Crippen LogP contribution in [-0.4, -0.2) is 95.3 Å². The highest BCUT2D eigenvalue weighted by Crippen LogP contribution is 2.42. The maximum atomic E-state index is 13.8. The van der Waals surface area contributed by atoms with Crippen LogP contribution in [0.5, 0.6) is 28.7 Å². The van der Waals surface area contributed by atoms with Gasteiger partial charge in [-0.3, -0.25) is 4.79 Å². The zero-order valence-corrected chi connectivity index (χ0v) is 23.6. The second kappa shape index (κ2) is 12.9. The van der Waals surface area contributed by atoms with Crippen LogP contribution in [0.25, 0.3) is 17.0 Å². The van der Waals surface area contributed by atoms with E-state index in [1.807, 2.05) is 0 Å². The molecular weight excluding hydrogens is 572 g/mol. The van der Waals surface area contributed by atoms with E-state index in [1.165, 1.54) is 27.4 Å². The molecule has 1 saturated heterocycles. The van der Waals surface area contributed by atoms with E-state index in [1.54, 1.807) is 19.1 Å². The highest BCUT2D eigenvalue weighted by Gasteiger charge is 2.45. The van der Waals surface area contributed by atoms with E-state index in [-0.39, 0.29) is 63.0 Å². The number of benzene rings is 2. The number of aryl methyl sites for hydroxylation is 1. The van der Waals surface area contributed by atoms with Crippen LogP contribution in [0.4, 0.5) is 0 Å². The van der Waals surface area contributed by atoms with Crippen molar-refractivity contribution in [3.05, 3.63) is 56.9 Å². The van der Waals surface area contributed by atoms with Gasteiger partial charge in [0.05, 0.1) is 33.5 Å². The SMILES string of the molecule is COc1cc(Cc2c(C)oc3cc(O)c(/C=C/C(=O)O)c(OC)c3c2=O)cc(OC)c1OC1OC(CO)C(O)C(O)C1O. The number of carbonyl (C=O) groups is 1. The Morgan fingerprint density at radius 3 is 2.19 bits per heavy atom. The van der Waals surface area contributed by atoms with Crippen molar-refractivity contribution in [2.24, 2.45) is 0 Å². The lowest BCUT2D eigenvalue weighted by atomic mass is 9.99. The molecule has 1 aliphatic rings. The van der Waals surface area contributed by atoms with Gasteiger partial charge in [0.2, 0.25) is 12.0 Å². The molecule has 2 aromatic carbocycles. The fourth-order valence-electron chi connectivity index (χ4n) is 4.84. The Morgan fingerprint density at radius 1 is 0.977 bits per heavy atom. The molecule has 1 aliphatic heterocycles. The minimum Gasteiger partial charge on any atom is -0.507 e. The largest absolute Gasteiger partial charge is 0.507 e. The molecule has 43 heavy (non-hydrogen) atoms. The standard InChI is InChI=1S/C29H32O14/c1-12-15(23(34)22-17(41-12)10-16(31)14(27(22)40-4)5-6-21(32)33)7-13-8-18(38-2)28(19(9-13)39-3)43-29-26(37)25(36)24(35)20(11-30)42-29/h5-6,8-10,20,24-26,29-31,35-37H,7,11H2,1-4H3,(H,32,33)/b6-5+. The molecule has 14 nitrogen and oxygen atoms in total. The third-order valence-corrected chi connectivity index (χ3v) is 7.03. The smallest absolute Gasteiger partial charge is 0.328 e. The quantitative estimate of drug-likeness (QED) is 0.176. The second-order valence-corrected chi connectivity index (χ2v) is 9.67. The Hall–Kier alpha value is -4.34. The van der Waals surface area contributed by atoms with Crippen molar-refractivity contribution >= 4 is 23.0 Å². The van der Waals surface area contributed by atoms with E-state index >= 15 is 0 Å². The summed E-state index contributed by atoms with van der Waals surface area (Å²) in [4.78, 5) is 24.8. The van der Waals surface area contributed by atoms with Crippen LogP contribution < -0.4 is 24.4 Å². The van der Waals surface area contributed by atoms with Crippen LogP contribution in [0.3, 0.4) is 0 Å². The number of phenolic OH excluding ortho intramolecular Hbond substituents is 1. The highest BCUT2D eigenvalue weighted by atomic mass is 16.7. The minimum atomic E-state index is -1.68. The number of carboxylic acids is 1. The molecule has 0 amide bonds. The molecule has 2 heterocycles. The summed E-state index contributed by atoms with van der Waals surface area (Å²) in [6.07, 6.45) is -5.72. The molecule has 0 aliphatic carbocycles. The van der Waals surface area contributed by atoms with Gasteiger partial charge in [-0.05, 0) is 30.7 Å². The van der Waals surface area contributed by atoms with Crippen molar-refractivity contribution in [3.63, 3.8) is 0 Å². The summed E-state index contributed by atoms with van der Waals surface area (Å²) >= 11 is 0. The number of fused-ring (bicyclic) bond motifs is 1. The lowest BCUT2D eigenvalue weighted by Gasteiger charge is -2.39. The maximum Gasteiger partial charge on any atom is 0.328 e. The number of phenols is 1. The summed E-state index contributed by atoms with van der Waals surface area (Å²) in [5.41, 5.74) is 0.258. The number of aliphatic hydroxyl groups excluding tert-OH is 4. The summed E-state index contributed by atoms with van der Waals surface area (Å²) in [5.74, 6) is -1.24. The predicted octanol–water partition coefficient (Wildman–Crippen LogP) is 0.700. The molecule has 0 saturated carbocycles. The van der Waals surface area contributed by atoms with Crippen molar-refractivity contribution in [2.45, 2.75) is 44.1 Å². The first-order valence-corrected chi connectivity index (χ1v) is 12.9. The van der Waals surface area contributed by atoms with Gasteiger partial charge in [0, 0.05) is 24.1 Å². The fraction of sp³-hybridized carbons (Fsp3) is 0.379. The second-order valence-electron chi connectivity index (χ2n) is 9.67. The van der Waals surface area contributed by atoms with E-state index in [9.17, 15) is 35.1 Å². The van der Waals surface area contributed by atoms with Crippen LogP contribution in [0.1, 0.15) is 22.5 Å². The Balaban J connectivity index is 1.77. The number of methoxy groups -OCH3 is 3. The molecular formula is C29H32O14. The number of carboxylic acid groups (broad SMARTS) is 1. The first-order chi connectivity index (χ1) is 20.4. The molecule has 14 heteroatoms. The molecule has 1 aromatic heterocycles. The highest BCUT2D eigenvalue weighted by molar-refractivity contribution is 5.94. The van der Waals surface area contributed by atoms with Crippen molar-refractivity contribution in [1.82, 2.24) is 0 Å². The van der Waals surface area contributed by atoms with Crippen molar-refractivity contribution < 1.29 is 63.5 Å². The van der Waals surface area contributed by atoms with Crippen LogP contribution in [-0.2, 0) is 16.0 Å². The van der Waals surface area contributed by atoms with Crippen LogP contribution in [0.15, 0.2) is 33.5 Å². The third kappa shape index (κ3) is 6.09. The zero-order chi connectivity index (χ0) is 31.6. The summed E-state index contributed by atoms with van der Waals surface area (Å²) in [7, 11) is 3.96. The van der Waals surface area contributed by atoms with E-state index in [0.717, 1.165) is 12.2 Å². The Bertz CT molecular complexity index is 1570. The predicted molar refractivity (Wildman–Crippen MR) is 149 cm³/mol. The number of rotatable bonds is 10. The van der Waals surface area contributed by atoms with Gasteiger partial charge >= 0.3 is 5.97 Å². The van der Waals surface area contributed by atoms with Gasteiger partial charge in [-0.25, -0.2) is 4.79 Å². The molecule has 3 aromatic rings. The van der Waals surface area contributed by atoms with Crippen LogP contribution in [0.2, 0.25) is 0 Å². The molecule has 4 rings (SSSR count). The molecule has 0 spiro atoms. The Kier molecular flexibility index (Phi) is 9.47. The van der Waals surface area contributed by atoms with Gasteiger partial charge in [0.25, 0.3) is 0 Å². The van der Waals surface area contributed by atoms with E-state index in [4.69, 9.17) is 33.2 Å². The minimum absolute atomic E-state index is 0.00147. The lowest BCUT2D eigenvalue weighted by molar-refractivity contribution is -0.277. The summed E-state index contributed by atoms with van der Waals surface area (Å²) in [6, 6.07) is 4.29. The molecule has 0 bridgehead atoms. The van der Waals surface area contributed by atoms with Crippen molar-refractivity contribution in [2.75, 3.05) is 27.9 Å². The van der Waals surface area contributed by atoms with Gasteiger partial charge in [-0.2, -0.15) is 0 Å². The van der Waals surface area contributed by atoms with Gasteiger partial charge in [0.15, 0.2) is 16.9 Å². The molecule has 1 fully saturated rings. The average molecular weight is 605 g/mol. The van der Waals surface area contributed by atoms with Crippen molar-refractivity contribution in [1.29, 1.82) is 0 Å². The number of aliphatic hydroxyl groups is 4. The van der Waals surface area contributed by atoms with Crippen LogP contribution in [0, 0.1) is 6.92 Å². The van der Waals surface area contributed by atoms with Crippen molar-refractivity contribution in [3.8, 4) is 28.7 Å². The zero-order valence-electron chi connectivity index (χ0n) is 23.6. The Morgan fingerprint density at radius 2 is 1.63 bits per heavy atom. The lowest BCUT2D eigenvalue weighted by Crippen LogP contribution is -2.60. The maximum absolute atomic E-state index is 13.8. The van der Waals surface area contributed by atoms with Gasteiger partial charge in [-0.1, -0.05) is 0 Å². The monoisotopic (exact) mass is 604 g/mol. The molecule has 6 N–H and O–H groups in total. The molecule has 5 atom stereocenters. The first kappa shape index (κ1) is 31.6. The molecule has 0 radical (unpaired) electrons. The van der Waals surface area contributed by atoms with Gasteiger partial charge in [-0.15, -0.1) is 0 Å². The Labute approximate surface area is 244 Å². The van der Waals surface area contributed by atoms with E-state index in [0.29, 0.717) is 5.56 Å². The van der Waals surface area contributed by atoms with Gasteiger partial charge < -0.3 is 58.7 Å². The van der Waals surface area contributed by atoms with Gasteiger partial charge in [0.1, 0.15) is 52.6 Å². The number of hydrogen-bond acceptors (Lipinski definition) is 13.